The van der Waals surface area contributed by atoms with Gasteiger partial charge < -0.3 is 15.0 Å². The molecule has 7 heteroatoms. The number of halogens is 1. The van der Waals surface area contributed by atoms with Crippen LogP contribution in [-0.4, -0.2) is 28.5 Å². The molecule has 2 heterocycles. The number of benzene rings is 2. The third-order valence-corrected chi connectivity index (χ3v) is 5.07. The Hall–Kier alpha value is -4.00. The molecule has 0 radical (unpaired) electrons. The van der Waals surface area contributed by atoms with Crippen molar-refractivity contribution in [3.05, 3.63) is 89.0 Å². The van der Waals surface area contributed by atoms with E-state index in [0.717, 1.165) is 22.0 Å². The van der Waals surface area contributed by atoms with Gasteiger partial charge in [-0.2, -0.15) is 0 Å². The molecule has 2 aromatic heterocycles. The Labute approximate surface area is 184 Å². The van der Waals surface area contributed by atoms with Gasteiger partial charge in [-0.1, -0.05) is 24.3 Å². The summed E-state index contributed by atoms with van der Waals surface area (Å²) in [5, 5.41) is 3.66. The van der Waals surface area contributed by atoms with Crippen molar-refractivity contribution in [2.75, 3.05) is 6.61 Å². The van der Waals surface area contributed by atoms with Crippen molar-refractivity contribution in [1.82, 2.24) is 15.3 Å². The predicted octanol–water partition coefficient (Wildman–Crippen LogP) is 4.78. The van der Waals surface area contributed by atoms with Gasteiger partial charge in [-0.25, -0.2) is 14.2 Å². The predicted molar refractivity (Wildman–Crippen MR) is 120 cm³/mol. The molecule has 6 nitrogen and oxygen atoms in total. The monoisotopic (exact) mass is 431 g/mol. The number of rotatable bonds is 6. The molecule has 4 rings (SSSR count). The summed E-state index contributed by atoms with van der Waals surface area (Å²) in [7, 11) is 0. The minimum Gasteiger partial charge on any atom is -0.461 e. The van der Waals surface area contributed by atoms with E-state index in [2.05, 4.69) is 15.3 Å². The molecule has 0 saturated heterocycles. The van der Waals surface area contributed by atoms with Crippen LogP contribution in [0.25, 0.3) is 22.2 Å². The third kappa shape index (κ3) is 4.51. The first-order chi connectivity index (χ1) is 15.4. The molecular formula is C25H22FN3O3. The van der Waals surface area contributed by atoms with E-state index in [-0.39, 0.29) is 24.0 Å². The summed E-state index contributed by atoms with van der Waals surface area (Å²) < 4.78 is 18.5. The molecule has 0 aliphatic heterocycles. The zero-order chi connectivity index (χ0) is 22.7. The van der Waals surface area contributed by atoms with E-state index in [4.69, 9.17) is 4.74 Å². The lowest BCUT2D eigenvalue weighted by Crippen LogP contribution is -2.24. The number of esters is 1. The van der Waals surface area contributed by atoms with Gasteiger partial charge >= 0.3 is 5.97 Å². The van der Waals surface area contributed by atoms with E-state index < -0.39 is 5.97 Å². The lowest BCUT2D eigenvalue weighted by Gasteiger charge is -2.08. The molecule has 0 saturated carbocycles. The average Bonchev–Trinajstić information content (AvgIpc) is 3.23. The molecular weight excluding hydrogens is 409 g/mol. The lowest BCUT2D eigenvalue weighted by molar-refractivity contribution is 0.0520. The fourth-order valence-corrected chi connectivity index (χ4v) is 3.42. The highest BCUT2D eigenvalue weighted by atomic mass is 19.1. The normalized spacial score (nSPS) is 10.8. The van der Waals surface area contributed by atoms with Crippen molar-refractivity contribution in [3.63, 3.8) is 0 Å². The maximum absolute atomic E-state index is 13.4. The first-order valence-electron chi connectivity index (χ1n) is 10.2. The standard InChI is InChI=1S/C25H22FN3O3/c1-3-32-25(31)23-13-18-12-17(8-10-21(18)29-23)20-5-4-6-22(28-20)24(30)27-14-16-7-9-19(26)15(2)11-16/h4-13,29H,3,14H2,1-2H3,(H,27,30). The van der Waals surface area contributed by atoms with E-state index in [0.29, 0.717) is 23.6 Å². The van der Waals surface area contributed by atoms with Crippen LogP contribution in [0, 0.1) is 12.7 Å². The van der Waals surface area contributed by atoms with Gasteiger partial charge in [-0.3, -0.25) is 4.79 Å². The minimum atomic E-state index is -0.404. The molecule has 0 unspecified atom stereocenters. The Balaban J connectivity index is 1.52. The Morgan fingerprint density at radius 3 is 2.72 bits per heavy atom. The second kappa shape index (κ2) is 9.01. The van der Waals surface area contributed by atoms with Gasteiger partial charge in [0.25, 0.3) is 5.91 Å². The highest BCUT2D eigenvalue weighted by molar-refractivity contribution is 5.96. The fourth-order valence-electron chi connectivity index (χ4n) is 3.42. The van der Waals surface area contributed by atoms with Crippen LogP contribution in [0.1, 0.15) is 39.0 Å². The molecule has 0 spiro atoms. The number of carbonyl (C=O) groups is 2. The minimum absolute atomic E-state index is 0.275. The average molecular weight is 431 g/mol. The number of nitrogens with zero attached hydrogens (tertiary/aromatic N) is 1. The summed E-state index contributed by atoms with van der Waals surface area (Å²) in [6.07, 6.45) is 0. The van der Waals surface area contributed by atoms with Gasteiger partial charge in [-0.05, 0) is 61.4 Å². The largest absolute Gasteiger partial charge is 0.461 e. The van der Waals surface area contributed by atoms with Crippen LogP contribution in [0.3, 0.4) is 0 Å². The molecule has 0 atom stereocenters. The maximum atomic E-state index is 13.4. The second-order valence-electron chi connectivity index (χ2n) is 7.38. The zero-order valence-electron chi connectivity index (χ0n) is 17.7. The first kappa shape index (κ1) is 21.2. The molecule has 4 aromatic rings. The number of hydrogen-bond acceptors (Lipinski definition) is 4. The highest BCUT2D eigenvalue weighted by Gasteiger charge is 2.13. The van der Waals surface area contributed by atoms with E-state index in [9.17, 15) is 14.0 Å². The van der Waals surface area contributed by atoms with Crippen molar-refractivity contribution in [3.8, 4) is 11.3 Å². The van der Waals surface area contributed by atoms with Crippen molar-refractivity contribution >= 4 is 22.8 Å². The number of hydrogen-bond donors (Lipinski definition) is 2. The van der Waals surface area contributed by atoms with Crippen LogP contribution in [-0.2, 0) is 11.3 Å². The number of fused-ring (bicyclic) bond motifs is 1. The number of amides is 1. The van der Waals surface area contributed by atoms with Crippen molar-refractivity contribution in [2.45, 2.75) is 20.4 Å². The van der Waals surface area contributed by atoms with Crippen LogP contribution >= 0.6 is 0 Å². The molecule has 1 amide bonds. The van der Waals surface area contributed by atoms with Crippen LogP contribution < -0.4 is 5.32 Å². The zero-order valence-corrected chi connectivity index (χ0v) is 17.7. The van der Waals surface area contributed by atoms with Gasteiger partial charge in [0.1, 0.15) is 17.2 Å². The molecule has 2 aromatic carbocycles. The Kier molecular flexibility index (Phi) is 5.98. The molecule has 0 bridgehead atoms. The van der Waals surface area contributed by atoms with E-state index in [1.807, 2.05) is 24.3 Å². The molecule has 0 aliphatic rings. The van der Waals surface area contributed by atoms with Gasteiger partial charge in [0.05, 0.1) is 12.3 Å². The van der Waals surface area contributed by atoms with E-state index >= 15 is 0 Å². The number of aryl methyl sites for hydroxylation is 1. The van der Waals surface area contributed by atoms with Gasteiger partial charge in [0, 0.05) is 23.0 Å². The van der Waals surface area contributed by atoms with E-state index in [1.54, 1.807) is 44.2 Å². The summed E-state index contributed by atoms with van der Waals surface area (Å²) in [5.41, 5.74) is 4.26. The molecule has 32 heavy (non-hydrogen) atoms. The number of aromatic amines is 1. The smallest absolute Gasteiger partial charge is 0.354 e. The summed E-state index contributed by atoms with van der Waals surface area (Å²) in [6, 6.07) is 17.3. The third-order valence-electron chi connectivity index (χ3n) is 5.07. The van der Waals surface area contributed by atoms with Gasteiger partial charge in [0.15, 0.2) is 0 Å². The van der Waals surface area contributed by atoms with Crippen LogP contribution in [0.15, 0.2) is 60.7 Å². The number of carbonyl (C=O) groups excluding carboxylic acids is 2. The molecule has 0 aliphatic carbocycles. The summed E-state index contributed by atoms with van der Waals surface area (Å²) in [6.45, 7) is 4.02. The summed E-state index contributed by atoms with van der Waals surface area (Å²) >= 11 is 0. The Morgan fingerprint density at radius 2 is 1.94 bits per heavy atom. The number of aromatic nitrogens is 2. The quantitative estimate of drug-likeness (QED) is 0.430. The molecule has 0 fully saturated rings. The highest BCUT2D eigenvalue weighted by Crippen LogP contribution is 2.24. The number of ether oxygens (including phenoxy) is 1. The SMILES string of the molecule is CCOC(=O)c1cc2cc(-c3cccc(C(=O)NCc4ccc(F)c(C)c4)n3)ccc2[nH]1. The van der Waals surface area contributed by atoms with Crippen molar-refractivity contribution in [1.29, 1.82) is 0 Å². The maximum Gasteiger partial charge on any atom is 0.354 e. The van der Waals surface area contributed by atoms with Crippen LogP contribution in [0.2, 0.25) is 0 Å². The van der Waals surface area contributed by atoms with Crippen molar-refractivity contribution < 1.29 is 18.7 Å². The molecule has 162 valence electrons. The lowest BCUT2D eigenvalue weighted by atomic mass is 10.1. The molecule has 2 N–H and O–H groups in total. The topological polar surface area (TPSA) is 84.1 Å². The van der Waals surface area contributed by atoms with E-state index in [1.165, 1.54) is 6.07 Å². The van der Waals surface area contributed by atoms with Crippen LogP contribution in [0.4, 0.5) is 4.39 Å². The second-order valence-corrected chi connectivity index (χ2v) is 7.38. The first-order valence-corrected chi connectivity index (χ1v) is 10.2. The number of H-pyrrole nitrogens is 1. The van der Waals surface area contributed by atoms with Gasteiger partial charge in [-0.15, -0.1) is 0 Å². The number of nitrogens with one attached hydrogen (secondary N) is 2. The number of pyridine rings is 1. The van der Waals surface area contributed by atoms with Crippen LogP contribution in [0.5, 0.6) is 0 Å². The summed E-state index contributed by atoms with van der Waals surface area (Å²) in [5.74, 6) is -0.997. The van der Waals surface area contributed by atoms with Gasteiger partial charge in [0.2, 0.25) is 0 Å². The fraction of sp³-hybridized carbons (Fsp3) is 0.160. The van der Waals surface area contributed by atoms with Crippen molar-refractivity contribution in [2.24, 2.45) is 0 Å². The Morgan fingerprint density at radius 1 is 1.09 bits per heavy atom. The Bertz CT molecular complexity index is 1310. The summed E-state index contributed by atoms with van der Waals surface area (Å²) in [4.78, 5) is 32.1.